The first-order chi connectivity index (χ1) is 28.5. The highest BCUT2D eigenvalue weighted by Crippen LogP contribution is 2.50. The first-order valence-electron chi connectivity index (χ1n) is 19.9. The third-order valence-corrected chi connectivity index (χ3v) is 13.6. The number of thioether (sulfide) groups is 1. The Morgan fingerprint density at radius 1 is 0.379 bits per heavy atom. The maximum absolute atomic E-state index is 5.05. The number of aromatic nitrogens is 5. The molecule has 5 nitrogen and oxygen atoms in total. The molecule has 12 aromatic rings. The third-order valence-electron chi connectivity index (χ3n) is 12.4. The van der Waals surface area contributed by atoms with Crippen LogP contribution < -0.4 is 0 Å². The van der Waals surface area contributed by atoms with E-state index in [0.29, 0.717) is 0 Å². The zero-order valence-corrected chi connectivity index (χ0v) is 32.7. The largest absolute Gasteiger partial charge is 0.309 e. The normalized spacial score (nSPS) is 13.8. The number of benzene rings is 8. The zero-order valence-electron chi connectivity index (χ0n) is 31.9. The standard InChI is InChI=1S/C52H35N5S/c1-52(2)41-31-34(25-28-49(41)57-50-22-12-7-17-42(50)53-51(57)58-52)56-47-26-23-32(54-43-18-8-3-13-35(43)36-14-4-9-19-44(36)54)29-39(47)40-30-33(24-27-48(40)56)55-45-20-10-5-15-37(45)38-16-6-11-21-46(38)55/h3-31H,1-2H3. The van der Waals surface area contributed by atoms with E-state index in [0.717, 1.165) is 33.3 Å². The van der Waals surface area contributed by atoms with Gasteiger partial charge in [0.15, 0.2) is 5.16 Å². The number of rotatable bonds is 3. The quantitative estimate of drug-likeness (QED) is 0.180. The van der Waals surface area contributed by atoms with Crippen LogP contribution in [-0.4, -0.2) is 23.3 Å². The molecule has 0 fully saturated rings. The van der Waals surface area contributed by atoms with Crippen LogP contribution in [0, 0.1) is 0 Å². The van der Waals surface area contributed by atoms with Gasteiger partial charge in [0.05, 0.1) is 49.8 Å². The van der Waals surface area contributed by atoms with Crippen molar-refractivity contribution in [2.24, 2.45) is 0 Å². The molecular weight excluding hydrogens is 727 g/mol. The lowest BCUT2D eigenvalue weighted by molar-refractivity contribution is 0.727. The molecule has 13 rings (SSSR count). The maximum atomic E-state index is 5.05. The Kier molecular flexibility index (Phi) is 6.38. The van der Waals surface area contributed by atoms with Crippen LogP contribution in [0.25, 0.3) is 99.2 Å². The summed E-state index contributed by atoms with van der Waals surface area (Å²) in [5.74, 6) is 0. The van der Waals surface area contributed by atoms with Gasteiger partial charge in [-0.3, -0.25) is 4.57 Å². The average molecular weight is 762 g/mol. The van der Waals surface area contributed by atoms with Gasteiger partial charge >= 0.3 is 0 Å². The molecule has 8 aromatic carbocycles. The van der Waals surface area contributed by atoms with Crippen LogP contribution in [0.4, 0.5) is 0 Å². The SMILES string of the molecule is CC1(C)Sc2nc3ccccc3n2-c2ccc(-n3c4ccc(-n5c6ccccc6c6ccccc65)cc4c4cc(-n5c6ccccc6c6ccccc65)ccc43)cc21. The first kappa shape index (κ1) is 32.1. The molecular formula is C52H35N5S. The molecule has 5 heterocycles. The molecule has 0 spiro atoms. The van der Waals surface area contributed by atoms with E-state index in [-0.39, 0.29) is 4.75 Å². The molecule has 0 amide bonds. The highest BCUT2D eigenvalue weighted by molar-refractivity contribution is 8.00. The molecule has 1 aliphatic heterocycles. The summed E-state index contributed by atoms with van der Waals surface area (Å²) in [6, 6.07) is 64.6. The molecule has 0 bridgehead atoms. The van der Waals surface area contributed by atoms with Gasteiger partial charge in [-0.1, -0.05) is 96.7 Å². The van der Waals surface area contributed by atoms with Crippen LogP contribution in [0.2, 0.25) is 0 Å². The second-order valence-corrected chi connectivity index (χ2v) is 17.6. The Bertz CT molecular complexity index is 3430. The van der Waals surface area contributed by atoms with Gasteiger partial charge in [0, 0.05) is 54.1 Å². The second kappa shape index (κ2) is 11.5. The summed E-state index contributed by atoms with van der Waals surface area (Å²) in [7, 11) is 0. The van der Waals surface area contributed by atoms with Gasteiger partial charge < -0.3 is 13.7 Å². The molecule has 274 valence electrons. The number of nitrogens with zero attached hydrogens (tertiary/aromatic N) is 5. The molecule has 0 atom stereocenters. The molecule has 0 saturated heterocycles. The molecule has 0 saturated carbocycles. The second-order valence-electron chi connectivity index (χ2n) is 16.0. The van der Waals surface area contributed by atoms with E-state index in [4.69, 9.17) is 4.98 Å². The van der Waals surface area contributed by atoms with Gasteiger partial charge in [0.2, 0.25) is 0 Å². The Morgan fingerprint density at radius 2 is 0.776 bits per heavy atom. The summed E-state index contributed by atoms with van der Waals surface area (Å²) in [5, 5.41) is 8.52. The van der Waals surface area contributed by atoms with E-state index in [1.54, 1.807) is 0 Å². The van der Waals surface area contributed by atoms with Crippen LogP contribution in [0.3, 0.4) is 0 Å². The zero-order chi connectivity index (χ0) is 38.3. The van der Waals surface area contributed by atoms with E-state index in [9.17, 15) is 0 Å². The maximum Gasteiger partial charge on any atom is 0.174 e. The number of fused-ring (bicyclic) bond motifs is 14. The van der Waals surface area contributed by atoms with E-state index >= 15 is 0 Å². The molecule has 58 heavy (non-hydrogen) atoms. The fourth-order valence-electron chi connectivity index (χ4n) is 9.89. The van der Waals surface area contributed by atoms with Crippen LogP contribution in [0.15, 0.2) is 181 Å². The van der Waals surface area contributed by atoms with E-state index in [1.807, 2.05) is 11.8 Å². The van der Waals surface area contributed by atoms with Gasteiger partial charge in [-0.15, -0.1) is 0 Å². The van der Waals surface area contributed by atoms with Gasteiger partial charge in [0.1, 0.15) is 0 Å². The number of para-hydroxylation sites is 6. The molecule has 0 aliphatic carbocycles. The molecule has 6 heteroatoms. The lowest BCUT2D eigenvalue weighted by atomic mass is 9.98. The molecule has 0 radical (unpaired) electrons. The van der Waals surface area contributed by atoms with Gasteiger partial charge in [0.25, 0.3) is 0 Å². The van der Waals surface area contributed by atoms with Crippen molar-refractivity contribution >= 4 is 88.2 Å². The number of hydrogen-bond acceptors (Lipinski definition) is 2. The van der Waals surface area contributed by atoms with E-state index < -0.39 is 0 Å². The minimum absolute atomic E-state index is 0.186. The summed E-state index contributed by atoms with van der Waals surface area (Å²) >= 11 is 1.84. The number of hydrogen-bond donors (Lipinski definition) is 0. The Balaban J connectivity index is 1.10. The van der Waals surface area contributed by atoms with Crippen LogP contribution in [0.1, 0.15) is 19.4 Å². The van der Waals surface area contributed by atoms with Crippen molar-refractivity contribution in [3.63, 3.8) is 0 Å². The van der Waals surface area contributed by atoms with Crippen LogP contribution in [-0.2, 0) is 4.75 Å². The molecule has 0 N–H and O–H groups in total. The van der Waals surface area contributed by atoms with Crippen LogP contribution in [0.5, 0.6) is 0 Å². The summed E-state index contributed by atoms with van der Waals surface area (Å²) in [4.78, 5) is 5.05. The van der Waals surface area contributed by atoms with Crippen molar-refractivity contribution in [3.8, 4) is 22.7 Å². The molecule has 1 aliphatic rings. The first-order valence-corrected chi connectivity index (χ1v) is 20.7. The average Bonchev–Trinajstić information content (AvgIpc) is 3.99. The highest BCUT2D eigenvalue weighted by Gasteiger charge is 2.35. The van der Waals surface area contributed by atoms with Crippen molar-refractivity contribution in [2.45, 2.75) is 23.8 Å². The molecule has 0 unspecified atom stereocenters. The van der Waals surface area contributed by atoms with E-state index in [2.05, 4.69) is 208 Å². The van der Waals surface area contributed by atoms with Crippen molar-refractivity contribution in [2.75, 3.05) is 0 Å². The van der Waals surface area contributed by atoms with Crippen molar-refractivity contribution in [3.05, 3.63) is 181 Å². The lowest BCUT2D eigenvalue weighted by Crippen LogP contribution is -2.22. The van der Waals surface area contributed by atoms with Crippen LogP contribution >= 0.6 is 11.8 Å². The minimum atomic E-state index is -0.186. The summed E-state index contributed by atoms with van der Waals surface area (Å²) in [6.45, 7) is 4.65. The Labute approximate surface area is 338 Å². The predicted octanol–water partition coefficient (Wildman–Crippen LogP) is 13.7. The minimum Gasteiger partial charge on any atom is -0.309 e. The smallest absolute Gasteiger partial charge is 0.174 e. The van der Waals surface area contributed by atoms with E-state index in [1.165, 1.54) is 76.7 Å². The fraction of sp³-hybridized carbons (Fsp3) is 0.0577. The Morgan fingerprint density at radius 3 is 1.28 bits per heavy atom. The Hall–Kier alpha value is -7.02. The van der Waals surface area contributed by atoms with Gasteiger partial charge in [-0.25, -0.2) is 4.98 Å². The highest BCUT2D eigenvalue weighted by atomic mass is 32.2. The van der Waals surface area contributed by atoms with Crippen molar-refractivity contribution in [1.82, 2.24) is 23.3 Å². The predicted molar refractivity (Wildman–Crippen MR) is 243 cm³/mol. The van der Waals surface area contributed by atoms with Crippen molar-refractivity contribution < 1.29 is 0 Å². The van der Waals surface area contributed by atoms with Gasteiger partial charge in [-0.05, 0) is 110 Å². The summed E-state index contributed by atoms with van der Waals surface area (Å²) in [5.41, 5.74) is 15.3. The monoisotopic (exact) mass is 761 g/mol. The summed E-state index contributed by atoms with van der Waals surface area (Å²) < 4.78 is 9.48. The lowest BCUT2D eigenvalue weighted by Gasteiger charge is -2.33. The third kappa shape index (κ3) is 4.30. The van der Waals surface area contributed by atoms with Gasteiger partial charge in [-0.2, -0.15) is 0 Å². The molecule has 4 aromatic heterocycles. The summed E-state index contributed by atoms with van der Waals surface area (Å²) in [6.07, 6.45) is 0. The van der Waals surface area contributed by atoms with Crippen molar-refractivity contribution in [1.29, 1.82) is 0 Å². The topological polar surface area (TPSA) is 32.6 Å². The number of imidazole rings is 1. The fourth-order valence-corrected chi connectivity index (χ4v) is 11.0.